The summed E-state index contributed by atoms with van der Waals surface area (Å²) in [5.74, 6) is 0.252. The number of nitrogens with zero attached hydrogens (tertiary/aromatic N) is 1. The van der Waals surface area contributed by atoms with Crippen LogP contribution in [0.3, 0.4) is 0 Å². The zero-order valence-corrected chi connectivity index (χ0v) is 15.9. The molecule has 1 aromatic heterocycles. The Labute approximate surface area is 158 Å². The average molecular weight is 375 g/mol. The molecule has 26 heavy (non-hydrogen) atoms. The second-order valence-electron chi connectivity index (χ2n) is 5.77. The van der Waals surface area contributed by atoms with Crippen LogP contribution in [0.15, 0.2) is 47.2 Å². The minimum absolute atomic E-state index is 0.237. The molecular formula is C19H23ClN4O2. The van der Waals surface area contributed by atoms with Crippen molar-refractivity contribution < 1.29 is 9.53 Å². The van der Waals surface area contributed by atoms with E-state index in [1.54, 1.807) is 13.2 Å². The molecule has 0 aliphatic carbocycles. The van der Waals surface area contributed by atoms with Crippen LogP contribution in [0.1, 0.15) is 41.7 Å². The predicted molar refractivity (Wildman–Crippen MR) is 105 cm³/mol. The number of rotatable bonds is 8. The minimum atomic E-state index is -0.241. The molecule has 1 aromatic carbocycles. The number of aliphatic imine (C=N–C) groups is 1. The quantitative estimate of drug-likeness (QED) is 0.614. The third-order valence-corrected chi connectivity index (χ3v) is 4.03. The molecule has 0 radical (unpaired) electrons. The lowest BCUT2D eigenvalue weighted by Crippen LogP contribution is -2.20. The van der Waals surface area contributed by atoms with Gasteiger partial charge in [-0.05, 0) is 38.3 Å². The Kier molecular flexibility index (Phi) is 6.86. The lowest BCUT2D eigenvalue weighted by atomic mass is 10.1. The van der Waals surface area contributed by atoms with Crippen LogP contribution in [0.25, 0.3) is 0 Å². The minimum Gasteiger partial charge on any atom is -0.484 e. The molecule has 0 aliphatic heterocycles. The number of halogens is 1. The molecular weight excluding hydrogens is 352 g/mol. The van der Waals surface area contributed by atoms with Gasteiger partial charge in [0.25, 0.3) is 5.91 Å². The summed E-state index contributed by atoms with van der Waals surface area (Å²) in [6.45, 7) is 7.73. The van der Waals surface area contributed by atoms with E-state index in [-0.39, 0.29) is 12.0 Å². The Bertz CT molecular complexity index is 796. The Morgan fingerprint density at radius 3 is 2.73 bits per heavy atom. The Morgan fingerprint density at radius 1 is 1.42 bits per heavy atom. The number of allylic oxidation sites excluding steroid dienone is 1. The van der Waals surface area contributed by atoms with E-state index in [9.17, 15) is 4.79 Å². The summed E-state index contributed by atoms with van der Waals surface area (Å²) < 4.78 is 6.02. The van der Waals surface area contributed by atoms with Crippen LogP contribution in [0.2, 0.25) is 5.02 Å². The van der Waals surface area contributed by atoms with Crippen LogP contribution in [-0.4, -0.2) is 24.7 Å². The highest BCUT2D eigenvalue weighted by atomic mass is 35.5. The Hall–Kier alpha value is -2.73. The molecule has 0 aliphatic rings. The molecule has 6 nitrogen and oxygen atoms in total. The molecule has 0 spiro atoms. The fraction of sp³-hybridized carbons (Fsp3) is 0.263. The van der Waals surface area contributed by atoms with E-state index in [4.69, 9.17) is 16.3 Å². The van der Waals surface area contributed by atoms with E-state index in [0.717, 1.165) is 17.0 Å². The number of nitrogens with one attached hydrogen (secondary N) is 3. The van der Waals surface area contributed by atoms with E-state index >= 15 is 0 Å². The molecule has 2 rings (SSSR count). The first-order valence-corrected chi connectivity index (χ1v) is 8.55. The number of carbonyl (C=O) groups excluding carboxylic acids is 1. The van der Waals surface area contributed by atoms with Crippen molar-refractivity contribution in [2.24, 2.45) is 4.99 Å². The maximum absolute atomic E-state index is 12.2. The SMILES string of the molecule is C=N/C=C(/C)NCc1cc(O[C@@H](C)c2ccc(Cl)cc2)c(C(=O)NC)[nH]1. The smallest absolute Gasteiger partial charge is 0.271 e. The molecule has 7 heteroatoms. The summed E-state index contributed by atoms with van der Waals surface area (Å²) in [5.41, 5.74) is 3.04. The van der Waals surface area contributed by atoms with Crippen LogP contribution in [0, 0.1) is 0 Å². The van der Waals surface area contributed by atoms with Crippen LogP contribution in [0.4, 0.5) is 0 Å². The van der Waals surface area contributed by atoms with Gasteiger partial charge in [0.2, 0.25) is 0 Å². The van der Waals surface area contributed by atoms with Crippen molar-refractivity contribution in [3.63, 3.8) is 0 Å². The molecule has 1 amide bonds. The molecule has 0 bridgehead atoms. The molecule has 3 N–H and O–H groups in total. The van der Waals surface area contributed by atoms with Gasteiger partial charge in [-0.15, -0.1) is 0 Å². The summed E-state index contributed by atoms with van der Waals surface area (Å²) in [5, 5.41) is 6.47. The monoisotopic (exact) mass is 374 g/mol. The zero-order valence-electron chi connectivity index (χ0n) is 15.1. The van der Waals surface area contributed by atoms with E-state index in [2.05, 4.69) is 27.3 Å². The van der Waals surface area contributed by atoms with Gasteiger partial charge in [0.05, 0.1) is 6.54 Å². The van der Waals surface area contributed by atoms with Crippen molar-refractivity contribution in [3.05, 3.63) is 64.2 Å². The number of H-pyrrole nitrogens is 1. The standard InChI is InChI=1S/C19H23ClN4O2/c1-12(10-21-3)23-11-16-9-17(18(24-16)19(25)22-4)26-13(2)14-5-7-15(20)8-6-14/h5-10,13,23-24H,3,11H2,1-2,4H3,(H,22,25)/b12-10-/t13-/m0/s1. The molecule has 0 fully saturated rings. The average Bonchev–Trinajstić information content (AvgIpc) is 3.03. The van der Waals surface area contributed by atoms with Crippen molar-refractivity contribution >= 4 is 24.2 Å². The Balaban J connectivity index is 2.19. The van der Waals surface area contributed by atoms with Crippen molar-refractivity contribution in [3.8, 4) is 5.75 Å². The van der Waals surface area contributed by atoms with Crippen molar-refractivity contribution in [1.29, 1.82) is 0 Å². The second kappa shape index (κ2) is 9.10. The van der Waals surface area contributed by atoms with Gasteiger partial charge in [-0.25, -0.2) is 0 Å². The fourth-order valence-corrected chi connectivity index (χ4v) is 2.51. The van der Waals surface area contributed by atoms with E-state index in [1.807, 2.05) is 44.2 Å². The number of amides is 1. The van der Waals surface area contributed by atoms with Gasteiger partial charge in [-0.3, -0.25) is 9.79 Å². The number of carbonyl (C=O) groups is 1. The zero-order chi connectivity index (χ0) is 19.1. The first-order chi connectivity index (χ1) is 12.4. The molecule has 138 valence electrons. The van der Waals surface area contributed by atoms with Crippen LogP contribution >= 0.6 is 11.6 Å². The molecule has 1 atom stereocenters. The third-order valence-electron chi connectivity index (χ3n) is 3.78. The number of ether oxygens (including phenoxy) is 1. The van der Waals surface area contributed by atoms with Gasteiger partial charge in [0, 0.05) is 35.7 Å². The molecule has 1 heterocycles. The van der Waals surface area contributed by atoms with Crippen molar-refractivity contribution in [1.82, 2.24) is 15.6 Å². The molecule has 2 aromatic rings. The van der Waals surface area contributed by atoms with Crippen molar-refractivity contribution in [2.75, 3.05) is 7.05 Å². The lowest BCUT2D eigenvalue weighted by Gasteiger charge is -2.15. The first kappa shape index (κ1) is 19.6. The van der Waals surface area contributed by atoms with Gasteiger partial charge < -0.3 is 20.4 Å². The number of hydrogen-bond donors (Lipinski definition) is 3. The van der Waals surface area contributed by atoms with E-state index < -0.39 is 0 Å². The largest absolute Gasteiger partial charge is 0.484 e. The van der Waals surface area contributed by atoms with E-state index in [1.165, 1.54) is 0 Å². The van der Waals surface area contributed by atoms with E-state index in [0.29, 0.717) is 23.0 Å². The van der Waals surface area contributed by atoms with Crippen LogP contribution in [0.5, 0.6) is 5.75 Å². The highest BCUT2D eigenvalue weighted by molar-refractivity contribution is 6.30. The second-order valence-corrected chi connectivity index (χ2v) is 6.21. The summed E-state index contributed by atoms with van der Waals surface area (Å²) in [6.07, 6.45) is 1.39. The summed E-state index contributed by atoms with van der Waals surface area (Å²) in [7, 11) is 1.58. The number of aromatic amines is 1. The highest BCUT2D eigenvalue weighted by Gasteiger charge is 2.18. The van der Waals surface area contributed by atoms with Gasteiger partial charge >= 0.3 is 0 Å². The topological polar surface area (TPSA) is 78.5 Å². The van der Waals surface area contributed by atoms with Gasteiger partial charge in [-0.1, -0.05) is 23.7 Å². The lowest BCUT2D eigenvalue weighted by molar-refractivity contribution is 0.0952. The highest BCUT2D eigenvalue weighted by Crippen LogP contribution is 2.27. The Morgan fingerprint density at radius 2 is 2.12 bits per heavy atom. The normalized spacial score (nSPS) is 12.4. The summed E-state index contributed by atoms with van der Waals surface area (Å²) in [6, 6.07) is 9.24. The summed E-state index contributed by atoms with van der Waals surface area (Å²) in [4.78, 5) is 19.0. The van der Waals surface area contributed by atoms with Crippen LogP contribution in [-0.2, 0) is 6.54 Å². The predicted octanol–water partition coefficient (Wildman–Crippen LogP) is 3.82. The summed E-state index contributed by atoms with van der Waals surface area (Å²) >= 11 is 5.93. The number of benzene rings is 1. The molecule has 0 saturated carbocycles. The van der Waals surface area contributed by atoms with Crippen LogP contribution < -0.4 is 15.4 Å². The third kappa shape index (κ3) is 5.13. The van der Waals surface area contributed by atoms with Gasteiger partial charge in [0.15, 0.2) is 5.75 Å². The van der Waals surface area contributed by atoms with Gasteiger partial charge in [-0.2, -0.15) is 0 Å². The number of aromatic nitrogens is 1. The maximum Gasteiger partial charge on any atom is 0.271 e. The fourth-order valence-electron chi connectivity index (χ4n) is 2.38. The maximum atomic E-state index is 12.2. The molecule has 0 saturated heterocycles. The first-order valence-electron chi connectivity index (χ1n) is 8.17. The molecule has 0 unspecified atom stereocenters. The van der Waals surface area contributed by atoms with Crippen molar-refractivity contribution in [2.45, 2.75) is 26.5 Å². The van der Waals surface area contributed by atoms with Gasteiger partial charge in [0.1, 0.15) is 11.8 Å². The number of hydrogen-bond acceptors (Lipinski definition) is 4.